The lowest BCUT2D eigenvalue weighted by atomic mass is 10.2. The quantitative estimate of drug-likeness (QED) is 0.503. The molecule has 56 valence electrons. The molecule has 0 bridgehead atoms. The molecule has 1 N–H and O–H groups in total. The topological polar surface area (TPSA) is 32.3 Å². The molecule has 1 fully saturated rings. The zero-order valence-electron chi connectivity index (χ0n) is 6.13. The van der Waals surface area contributed by atoms with Crippen molar-refractivity contribution in [1.29, 1.82) is 0 Å². The lowest BCUT2D eigenvalue weighted by Gasteiger charge is -2.29. The average Bonchev–Trinajstić information content (AvgIpc) is 1.88. The van der Waals surface area contributed by atoms with Gasteiger partial charge < -0.3 is 5.32 Å². The van der Waals surface area contributed by atoms with E-state index in [0.29, 0.717) is 0 Å². The predicted octanol–water partition coefficient (Wildman–Crippen LogP) is -0.397. The Morgan fingerprint density at radius 2 is 2.60 bits per heavy atom. The van der Waals surface area contributed by atoms with Crippen molar-refractivity contribution in [1.82, 2.24) is 10.2 Å². The molecule has 0 aliphatic carbocycles. The van der Waals surface area contributed by atoms with Crippen LogP contribution < -0.4 is 5.32 Å². The molecule has 1 aliphatic heterocycles. The molecule has 10 heavy (non-hydrogen) atoms. The van der Waals surface area contributed by atoms with Crippen LogP contribution in [0.3, 0.4) is 0 Å². The van der Waals surface area contributed by atoms with Gasteiger partial charge in [0.05, 0.1) is 0 Å². The highest BCUT2D eigenvalue weighted by Crippen LogP contribution is 2.00. The first-order chi connectivity index (χ1) is 4.75. The number of hydrogen-bond acceptors (Lipinski definition) is 2. The van der Waals surface area contributed by atoms with Gasteiger partial charge in [0.15, 0.2) is 0 Å². The van der Waals surface area contributed by atoms with Crippen LogP contribution in [0.25, 0.3) is 0 Å². The lowest BCUT2D eigenvalue weighted by molar-refractivity contribution is -0.126. The zero-order valence-corrected chi connectivity index (χ0v) is 6.13. The first-order valence-corrected chi connectivity index (χ1v) is 3.36. The second-order valence-electron chi connectivity index (χ2n) is 2.45. The molecule has 0 spiro atoms. The number of rotatable bonds is 1. The van der Waals surface area contributed by atoms with Crippen molar-refractivity contribution in [2.24, 2.45) is 0 Å². The minimum absolute atomic E-state index is 0.0590. The molecule has 0 aromatic heterocycles. The molecule has 1 unspecified atom stereocenters. The molecule has 1 rings (SSSR count). The van der Waals surface area contributed by atoms with Gasteiger partial charge in [-0.05, 0) is 7.05 Å². The normalized spacial score (nSPS) is 27.7. The summed E-state index contributed by atoms with van der Waals surface area (Å²) in [4.78, 5) is 13.0. The van der Waals surface area contributed by atoms with E-state index in [4.69, 9.17) is 0 Å². The first-order valence-electron chi connectivity index (χ1n) is 3.36. The Bertz CT molecular complexity index is 156. The Kier molecular flexibility index (Phi) is 2.06. The Morgan fingerprint density at radius 1 is 1.90 bits per heavy atom. The van der Waals surface area contributed by atoms with Gasteiger partial charge in [-0.25, -0.2) is 0 Å². The number of piperazine rings is 1. The fourth-order valence-corrected chi connectivity index (χ4v) is 1.09. The highest BCUT2D eigenvalue weighted by Gasteiger charge is 2.22. The van der Waals surface area contributed by atoms with Gasteiger partial charge >= 0.3 is 0 Å². The summed E-state index contributed by atoms with van der Waals surface area (Å²) in [5.74, 6) is 0.0590. The van der Waals surface area contributed by atoms with Crippen molar-refractivity contribution in [2.75, 3.05) is 20.1 Å². The maximum absolute atomic E-state index is 11.0. The van der Waals surface area contributed by atoms with Crippen LogP contribution in [0.15, 0.2) is 12.7 Å². The van der Waals surface area contributed by atoms with Crippen LogP contribution in [0.5, 0.6) is 0 Å². The highest BCUT2D eigenvalue weighted by molar-refractivity contribution is 5.84. The summed E-state index contributed by atoms with van der Waals surface area (Å²) in [7, 11) is 1.92. The highest BCUT2D eigenvalue weighted by atomic mass is 16.2. The van der Waals surface area contributed by atoms with Crippen LogP contribution in [0.2, 0.25) is 0 Å². The third-order valence-corrected chi connectivity index (χ3v) is 1.73. The van der Waals surface area contributed by atoms with Crippen LogP contribution in [-0.2, 0) is 4.79 Å². The molecule has 1 amide bonds. The fraction of sp³-hybridized carbons (Fsp3) is 0.571. The van der Waals surface area contributed by atoms with Crippen molar-refractivity contribution < 1.29 is 4.79 Å². The summed E-state index contributed by atoms with van der Waals surface area (Å²) in [5, 5.41) is 2.76. The van der Waals surface area contributed by atoms with E-state index in [0.717, 1.165) is 13.1 Å². The van der Waals surface area contributed by atoms with Crippen molar-refractivity contribution in [3.8, 4) is 0 Å². The van der Waals surface area contributed by atoms with E-state index >= 15 is 0 Å². The second kappa shape index (κ2) is 2.84. The Balaban J connectivity index is 2.62. The summed E-state index contributed by atoms with van der Waals surface area (Å²) >= 11 is 0. The van der Waals surface area contributed by atoms with Gasteiger partial charge in [0.25, 0.3) is 0 Å². The van der Waals surface area contributed by atoms with E-state index in [-0.39, 0.29) is 11.9 Å². The molecular formula is C7H12N2O. The van der Waals surface area contributed by atoms with E-state index in [1.165, 1.54) is 0 Å². The van der Waals surface area contributed by atoms with E-state index in [9.17, 15) is 4.79 Å². The van der Waals surface area contributed by atoms with E-state index in [2.05, 4.69) is 11.9 Å². The Labute approximate surface area is 60.7 Å². The van der Waals surface area contributed by atoms with Gasteiger partial charge in [0.1, 0.15) is 6.04 Å². The summed E-state index contributed by atoms with van der Waals surface area (Å²) in [6.45, 7) is 5.24. The van der Waals surface area contributed by atoms with Gasteiger partial charge in [0, 0.05) is 13.1 Å². The molecule has 1 aliphatic rings. The number of carbonyl (C=O) groups excluding carboxylic acids is 1. The Hall–Kier alpha value is -0.830. The number of likely N-dealkylation sites (N-methyl/N-ethyl adjacent to an activating group) is 1. The first kappa shape index (κ1) is 7.28. The van der Waals surface area contributed by atoms with Crippen LogP contribution in [-0.4, -0.2) is 37.0 Å². The maximum atomic E-state index is 11.0. The summed E-state index contributed by atoms with van der Waals surface area (Å²) in [6, 6.07) is -0.131. The molecule has 0 aromatic carbocycles. The molecule has 1 heterocycles. The third-order valence-electron chi connectivity index (χ3n) is 1.73. The van der Waals surface area contributed by atoms with Crippen LogP contribution in [0, 0.1) is 0 Å². The molecule has 3 nitrogen and oxygen atoms in total. The second-order valence-corrected chi connectivity index (χ2v) is 2.45. The van der Waals surface area contributed by atoms with Crippen molar-refractivity contribution in [2.45, 2.75) is 6.04 Å². The third kappa shape index (κ3) is 1.19. The van der Waals surface area contributed by atoms with Crippen LogP contribution >= 0.6 is 0 Å². The van der Waals surface area contributed by atoms with Crippen LogP contribution in [0.4, 0.5) is 0 Å². The SMILES string of the molecule is C=CC1C(=O)NCCN1C. The number of nitrogens with one attached hydrogen (secondary N) is 1. The summed E-state index contributed by atoms with van der Waals surface area (Å²) < 4.78 is 0. The summed E-state index contributed by atoms with van der Waals surface area (Å²) in [6.07, 6.45) is 1.66. The minimum Gasteiger partial charge on any atom is -0.353 e. The minimum atomic E-state index is -0.131. The predicted molar refractivity (Wildman–Crippen MR) is 39.6 cm³/mol. The number of hydrogen-bond donors (Lipinski definition) is 1. The Morgan fingerprint density at radius 3 is 3.00 bits per heavy atom. The maximum Gasteiger partial charge on any atom is 0.241 e. The molecule has 0 radical (unpaired) electrons. The number of nitrogens with zero attached hydrogens (tertiary/aromatic N) is 1. The fourth-order valence-electron chi connectivity index (χ4n) is 1.09. The molecular weight excluding hydrogens is 128 g/mol. The molecule has 0 saturated carbocycles. The van der Waals surface area contributed by atoms with E-state index in [1.54, 1.807) is 6.08 Å². The van der Waals surface area contributed by atoms with Crippen LogP contribution in [0.1, 0.15) is 0 Å². The number of amides is 1. The molecule has 0 aromatic rings. The van der Waals surface area contributed by atoms with Gasteiger partial charge in [-0.15, -0.1) is 6.58 Å². The van der Waals surface area contributed by atoms with Gasteiger partial charge in [-0.2, -0.15) is 0 Å². The monoisotopic (exact) mass is 140 g/mol. The van der Waals surface area contributed by atoms with E-state index in [1.807, 2.05) is 11.9 Å². The molecule has 3 heteroatoms. The van der Waals surface area contributed by atoms with Crippen molar-refractivity contribution >= 4 is 5.91 Å². The molecule has 1 atom stereocenters. The van der Waals surface area contributed by atoms with Gasteiger partial charge in [0.2, 0.25) is 5.91 Å². The largest absolute Gasteiger partial charge is 0.353 e. The summed E-state index contributed by atoms with van der Waals surface area (Å²) in [5.41, 5.74) is 0. The van der Waals surface area contributed by atoms with Crippen molar-refractivity contribution in [3.05, 3.63) is 12.7 Å². The molecule has 1 saturated heterocycles. The average molecular weight is 140 g/mol. The van der Waals surface area contributed by atoms with Gasteiger partial charge in [-0.1, -0.05) is 6.08 Å². The smallest absolute Gasteiger partial charge is 0.241 e. The zero-order chi connectivity index (χ0) is 7.56. The van der Waals surface area contributed by atoms with E-state index < -0.39 is 0 Å². The van der Waals surface area contributed by atoms with Gasteiger partial charge in [-0.3, -0.25) is 9.69 Å². The number of carbonyl (C=O) groups is 1. The standard InChI is InChI=1S/C7H12N2O/c1-3-6-7(10)8-4-5-9(6)2/h3,6H,1,4-5H2,2H3,(H,8,10). The lowest BCUT2D eigenvalue weighted by Crippen LogP contribution is -2.52. The van der Waals surface area contributed by atoms with Crippen molar-refractivity contribution in [3.63, 3.8) is 0 Å².